The van der Waals surface area contributed by atoms with Crippen LogP contribution in [-0.4, -0.2) is 31.2 Å². The van der Waals surface area contributed by atoms with Crippen LogP contribution >= 0.6 is 0 Å². The molecule has 0 amide bonds. The summed E-state index contributed by atoms with van der Waals surface area (Å²) in [6.45, 7) is 5.30. The van der Waals surface area contributed by atoms with Gasteiger partial charge in [0, 0.05) is 18.0 Å². The summed E-state index contributed by atoms with van der Waals surface area (Å²) in [7, 11) is 0. The summed E-state index contributed by atoms with van der Waals surface area (Å²) in [5, 5.41) is 6.78. The number of nitrogens with one attached hydrogen (secondary N) is 1. The van der Waals surface area contributed by atoms with E-state index in [-0.39, 0.29) is 5.97 Å². The van der Waals surface area contributed by atoms with E-state index in [9.17, 15) is 4.79 Å². The van der Waals surface area contributed by atoms with Gasteiger partial charge in [-0.05, 0) is 44.1 Å². The highest BCUT2D eigenvalue weighted by Gasteiger charge is 2.42. The zero-order valence-electron chi connectivity index (χ0n) is 12.6. The van der Waals surface area contributed by atoms with Gasteiger partial charge in [0.15, 0.2) is 0 Å². The summed E-state index contributed by atoms with van der Waals surface area (Å²) in [6.07, 6.45) is 6.17. The quantitative estimate of drug-likeness (QED) is 0.244. The van der Waals surface area contributed by atoms with Crippen molar-refractivity contribution in [2.24, 2.45) is 11.0 Å². The molecular weight excluding hydrogens is 256 g/mol. The largest absolute Gasteiger partial charge is 0.465 e. The lowest BCUT2D eigenvalue weighted by Gasteiger charge is -2.38. The Balaban J connectivity index is 2.61. The number of carbonyl (C=O) groups is 1. The third kappa shape index (κ3) is 4.69. The van der Waals surface area contributed by atoms with Crippen molar-refractivity contribution in [3.63, 3.8) is 0 Å². The monoisotopic (exact) mass is 282 g/mol. The number of carbonyl (C=O) groups excluding carboxylic acids is 1. The fourth-order valence-electron chi connectivity index (χ4n) is 2.98. The van der Waals surface area contributed by atoms with E-state index in [1.54, 1.807) is 0 Å². The van der Waals surface area contributed by atoms with Crippen molar-refractivity contribution in [1.29, 1.82) is 0 Å². The van der Waals surface area contributed by atoms with Crippen molar-refractivity contribution >= 4 is 5.97 Å². The third-order valence-corrected chi connectivity index (χ3v) is 4.06. The molecular formula is C14H26N4O2. The molecule has 1 rings (SSSR count). The number of rotatable bonds is 8. The first-order valence-corrected chi connectivity index (χ1v) is 7.61. The van der Waals surface area contributed by atoms with Crippen molar-refractivity contribution < 1.29 is 9.53 Å². The van der Waals surface area contributed by atoms with E-state index < -0.39 is 5.54 Å². The van der Waals surface area contributed by atoms with Crippen LogP contribution in [0.2, 0.25) is 0 Å². The molecule has 1 aliphatic carbocycles. The molecule has 0 aromatic rings. The van der Waals surface area contributed by atoms with E-state index in [1.807, 2.05) is 6.92 Å². The lowest BCUT2D eigenvalue weighted by Crippen LogP contribution is -2.55. The van der Waals surface area contributed by atoms with Gasteiger partial charge in [-0.25, -0.2) is 0 Å². The Morgan fingerprint density at radius 1 is 1.45 bits per heavy atom. The minimum absolute atomic E-state index is 0.157. The van der Waals surface area contributed by atoms with E-state index in [0.29, 0.717) is 19.7 Å². The second kappa shape index (κ2) is 8.82. The highest BCUT2D eigenvalue weighted by atomic mass is 16.5. The average Bonchev–Trinajstić information content (AvgIpc) is 2.46. The molecule has 0 aliphatic heterocycles. The standard InChI is InChI=1S/C14H26N4O2/c1-3-5-12-6-8-14(9-7-12,13(19)20-4-2)16-10-11-17-18-15/h12,16H,3-11H2,1-2H3. The van der Waals surface area contributed by atoms with Crippen molar-refractivity contribution in [2.75, 3.05) is 19.7 Å². The van der Waals surface area contributed by atoms with Gasteiger partial charge in [0.05, 0.1) is 6.61 Å². The molecule has 6 nitrogen and oxygen atoms in total. The summed E-state index contributed by atoms with van der Waals surface area (Å²) in [4.78, 5) is 15.0. The van der Waals surface area contributed by atoms with Crippen LogP contribution in [0.4, 0.5) is 0 Å². The maximum absolute atomic E-state index is 12.3. The van der Waals surface area contributed by atoms with Gasteiger partial charge in [-0.1, -0.05) is 24.9 Å². The summed E-state index contributed by atoms with van der Waals surface area (Å²) in [5.74, 6) is 0.567. The number of ether oxygens (including phenoxy) is 1. The van der Waals surface area contributed by atoms with Crippen molar-refractivity contribution in [3.05, 3.63) is 10.4 Å². The van der Waals surface area contributed by atoms with E-state index in [0.717, 1.165) is 31.6 Å². The zero-order valence-corrected chi connectivity index (χ0v) is 12.6. The number of nitrogens with zero attached hydrogens (tertiary/aromatic N) is 3. The van der Waals surface area contributed by atoms with Gasteiger partial charge < -0.3 is 10.1 Å². The average molecular weight is 282 g/mol. The van der Waals surface area contributed by atoms with Crippen molar-refractivity contribution in [2.45, 2.75) is 57.9 Å². The molecule has 0 aromatic heterocycles. The van der Waals surface area contributed by atoms with Crippen LogP contribution in [0.15, 0.2) is 5.11 Å². The van der Waals surface area contributed by atoms with E-state index in [2.05, 4.69) is 22.3 Å². The fraction of sp³-hybridized carbons (Fsp3) is 0.929. The van der Waals surface area contributed by atoms with Gasteiger partial charge >= 0.3 is 5.97 Å². The molecule has 1 N–H and O–H groups in total. The number of esters is 1. The number of hydrogen-bond donors (Lipinski definition) is 1. The van der Waals surface area contributed by atoms with Crippen LogP contribution in [0, 0.1) is 5.92 Å². The Labute approximate surface area is 120 Å². The van der Waals surface area contributed by atoms with E-state index in [1.165, 1.54) is 12.8 Å². The van der Waals surface area contributed by atoms with Gasteiger partial charge in [-0.2, -0.15) is 0 Å². The summed E-state index contributed by atoms with van der Waals surface area (Å²) >= 11 is 0. The van der Waals surface area contributed by atoms with Gasteiger partial charge in [-0.15, -0.1) is 0 Å². The molecule has 1 saturated carbocycles. The van der Waals surface area contributed by atoms with Crippen LogP contribution in [0.1, 0.15) is 52.4 Å². The van der Waals surface area contributed by atoms with Crippen LogP contribution in [0.3, 0.4) is 0 Å². The topological polar surface area (TPSA) is 87.1 Å². The highest BCUT2D eigenvalue weighted by molar-refractivity contribution is 5.81. The molecule has 0 atom stereocenters. The fourth-order valence-corrected chi connectivity index (χ4v) is 2.98. The highest BCUT2D eigenvalue weighted by Crippen LogP contribution is 2.35. The summed E-state index contributed by atoms with van der Waals surface area (Å²) in [6, 6.07) is 0. The van der Waals surface area contributed by atoms with Crippen molar-refractivity contribution in [1.82, 2.24) is 5.32 Å². The van der Waals surface area contributed by atoms with Crippen molar-refractivity contribution in [3.8, 4) is 0 Å². The maximum atomic E-state index is 12.3. The summed E-state index contributed by atoms with van der Waals surface area (Å²) in [5.41, 5.74) is 7.72. The Morgan fingerprint density at radius 3 is 2.70 bits per heavy atom. The first-order valence-electron chi connectivity index (χ1n) is 7.61. The van der Waals surface area contributed by atoms with Crippen LogP contribution in [-0.2, 0) is 9.53 Å². The molecule has 6 heteroatoms. The Bertz CT molecular complexity index is 345. The lowest BCUT2D eigenvalue weighted by molar-refractivity contribution is -0.153. The van der Waals surface area contributed by atoms with Crippen LogP contribution in [0.5, 0.6) is 0 Å². The molecule has 0 aromatic carbocycles. The first-order chi connectivity index (χ1) is 9.68. The predicted octanol–water partition coefficient (Wildman–Crippen LogP) is 3.18. The normalized spacial score (nSPS) is 25.8. The Kier molecular flexibility index (Phi) is 7.41. The van der Waals surface area contributed by atoms with E-state index in [4.69, 9.17) is 10.3 Å². The molecule has 114 valence electrons. The molecule has 1 aliphatic rings. The minimum Gasteiger partial charge on any atom is -0.465 e. The number of hydrogen-bond acceptors (Lipinski definition) is 4. The Hall–Kier alpha value is -1.26. The SMILES string of the molecule is CCCC1CCC(NCCN=[N+]=[N-])(C(=O)OCC)CC1. The van der Waals surface area contributed by atoms with Crippen LogP contribution < -0.4 is 5.32 Å². The zero-order chi connectivity index (χ0) is 14.8. The van der Waals surface area contributed by atoms with Gasteiger partial charge in [0.25, 0.3) is 0 Å². The second-order valence-electron chi connectivity index (χ2n) is 5.42. The maximum Gasteiger partial charge on any atom is 0.326 e. The number of azide groups is 1. The molecule has 0 spiro atoms. The summed E-state index contributed by atoms with van der Waals surface area (Å²) < 4.78 is 5.23. The lowest BCUT2D eigenvalue weighted by atomic mass is 9.75. The first kappa shape index (κ1) is 16.8. The molecule has 0 saturated heterocycles. The van der Waals surface area contributed by atoms with Gasteiger partial charge in [0.2, 0.25) is 0 Å². The minimum atomic E-state index is -0.578. The van der Waals surface area contributed by atoms with Crippen LogP contribution in [0.25, 0.3) is 10.4 Å². The Morgan fingerprint density at radius 2 is 2.15 bits per heavy atom. The third-order valence-electron chi connectivity index (χ3n) is 4.06. The molecule has 0 radical (unpaired) electrons. The van der Waals surface area contributed by atoms with Gasteiger partial charge in [-0.3, -0.25) is 4.79 Å². The molecule has 0 heterocycles. The molecule has 20 heavy (non-hydrogen) atoms. The molecule has 0 bridgehead atoms. The van der Waals surface area contributed by atoms with E-state index >= 15 is 0 Å². The smallest absolute Gasteiger partial charge is 0.326 e. The second-order valence-corrected chi connectivity index (χ2v) is 5.42. The molecule has 1 fully saturated rings. The molecule has 0 unspecified atom stereocenters. The predicted molar refractivity (Wildman–Crippen MR) is 78.2 cm³/mol. The van der Waals surface area contributed by atoms with Gasteiger partial charge in [0.1, 0.15) is 5.54 Å².